The van der Waals surface area contributed by atoms with Gasteiger partial charge in [-0.25, -0.2) is 0 Å². The Morgan fingerprint density at radius 1 is 1.00 bits per heavy atom. The van der Waals surface area contributed by atoms with Crippen LogP contribution < -0.4 is 5.32 Å². The van der Waals surface area contributed by atoms with Crippen molar-refractivity contribution >= 4 is 5.91 Å². The van der Waals surface area contributed by atoms with Crippen LogP contribution in [0.1, 0.15) is 24.4 Å². The van der Waals surface area contributed by atoms with Crippen molar-refractivity contribution in [2.24, 2.45) is 0 Å². The fraction of sp³-hybridized carbons (Fsp3) is 0.562. The number of carbonyl (C=O) groups is 1. The molecule has 1 unspecified atom stereocenters. The van der Waals surface area contributed by atoms with Crippen molar-refractivity contribution in [1.82, 2.24) is 15.1 Å². The molecule has 20 heavy (non-hydrogen) atoms. The quantitative estimate of drug-likeness (QED) is 0.900. The SMILES string of the molecule is O=C(C(c1ccccc1)N1CCCC1)N1CCNCC1. The van der Waals surface area contributed by atoms with Crippen molar-refractivity contribution in [3.8, 4) is 0 Å². The van der Waals surface area contributed by atoms with Gasteiger partial charge in [-0.2, -0.15) is 0 Å². The van der Waals surface area contributed by atoms with E-state index in [1.807, 2.05) is 23.1 Å². The fourth-order valence-electron chi connectivity index (χ4n) is 3.20. The van der Waals surface area contributed by atoms with E-state index in [4.69, 9.17) is 0 Å². The van der Waals surface area contributed by atoms with E-state index in [0.29, 0.717) is 0 Å². The van der Waals surface area contributed by atoms with Crippen molar-refractivity contribution in [1.29, 1.82) is 0 Å². The maximum atomic E-state index is 12.9. The number of piperazine rings is 1. The summed E-state index contributed by atoms with van der Waals surface area (Å²) >= 11 is 0. The molecule has 2 aliphatic rings. The third-order valence-corrected chi connectivity index (χ3v) is 4.28. The number of benzene rings is 1. The van der Waals surface area contributed by atoms with E-state index in [1.165, 1.54) is 12.8 Å². The number of nitrogens with zero attached hydrogens (tertiary/aromatic N) is 2. The maximum Gasteiger partial charge on any atom is 0.244 e. The highest BCUT2D eigenvalue weighted by Gasteiger charge is 2.33. The molecule has 0 saturated carbocycles. The van der Waals surface area contributed by atoms with Crippen LogP contribution in [0, 0.1) is 0 Å². The molecule has 3 rings (SSSR count). The van der Waals surface area contributed by atoms with Gasteiger partial charge in [0.2, 0.25) is 5.91 Å². The normalized spacial score (nSPS) is 21.9. The molecule has 2 heterocycles. The summed E-state index contributed by atoms with van der Waals surface area (Å²) in [5.74, 6) is 0.277. The lowest BCUT2D eigenvalue weighted by Gasteiger charge is -2.34. The van der Waals surface area contributed by atoms with Crippen molar-refractivity contribution in [2.45, 2.75) is 18.9 Å². The first-order chi connectivity index (χ1) is 9.86. The number of rotatable bonds is 3. The maximum absolute atomic E-state index is 12.9. The lowest BCUT2D eigenvalue weighted by Crippen LogP contribution is -2.50. The van der Waals surface area contributed by atoms with Gasteiger partial charge in [0, 0.05) is 26.2 Å². The molecule has 0 aliphatic carbocycles. The van der Waals surface area contributed by atoms with Gasteiger partial charge in [0.05, 0.1) is 0 Å². The summed E-state index contributed by atoms with van der Waals surface area (Å²) in [5.41, 5.74) is 1.14. The zero-order valence-corrected chi connectivity index (χ0v) is 11.9. The van der Waals surface area contributed by atoms with Gasteiger partial charge in [0.1, 0.15) is 6.04 Å². The molecule has 0 spiro atoms. The Hall–Kier alpha value is -1.39. The molecule has 2 fully saturated rings. The summed E-state index contributed by atoms with van der Waals surface area (Å²) in [6.45, 7) is 5.56. The first-order valence-electron chi connectivity index (χ1n) is 7.65. The van der Waals surface area contributed by atoms with Crippen LogP contribution in [-0.2, 0) is 4.79 Å². The topological polar surface area (TPSA) is 35.6 Å². The van der Waals surface area contributed by atoms with Crippen LogP contribution in [-0.4, -0.2) is 55.0 Å². The molecule has 0 bridgehead atoms. The smallest absolute Gasteiger partial charge is 0.244 e. The lowest BCUT2D eigenvalue weighted by atomic mass is 10.0. The molecule has 0 radical (unpaired) electrons. The Kier molecular flexibility index (Phi) is 4.33. The summed E-state index contributed by atoms with van der Waals surface area (Å²) in [6.07, 6.45) is 2.41. The zero-order valence-electron chi connectivity index (χ0n) is 11.9. The van der Waals surface area contributed by atoms with E-state index in [0.717, 1.165) is 44.8 Å². The molecule has 1 aromatic rings. The monoisotopic (exact) mass is 273 g/mol. The number of amides is 1. The van der Waals surface area contributed by atoms with Crippen LogP contribution in [0.15, 0.2) is 30.3 Å². The van der Waals surface area contributed by atoms with E-state index in [1.54, 1.807) is 0 Å². The van der Waals surface area contributed by atoms with Crippen LogP contribution >= 0.6 is 0 Å². The van der Waals surface area contributed by atoms with E-state index in [-0.39, 0.29) is 11.9 Å². The van der Waals surface area contributed by atoms with Crippen LogP contribution in [0.25, 0.3) is 0 Å². The zero-order chi connectivity index (χ0) is 13.8. The molecular formula is C16H23N3O. The van der Waals surface area contributed by atoms with Crippen LogP contribution in [0.3, 0.4) is 0 Å². The average Bonchev–Trinajstić information content (AvgIpc) is 3.03. The summed E-state index contributed by atoms with van der Waals surface area (Å²) in [7, 11) is 0. The third-order valence-electron chi connectivity index (χ3n) is 4.28. The van der Waals surface area contributed by atoms with Crippen LogP contribution in [0.2, 0.25) is 0 Å². The second-order valence-corrected chi connectivity index (χ2v) is 5.63. The van der Waals surface area contributed by atoms with Gasteiger partial charge < -0.3 is 10.2 Å². The Bertz CT molecular complexity index is 436. The predicted octanol–water partition coefficient (Wildman–Crippen LogP) is 1.26. The minimum atomic E-state index is -0.0863. The highest BCUT2D eigenvalue weighted by Crippen LogP contribution is 2.27. The molecular weight excluding hydrogens is 250 g/mol. The summed E-state index contributed by atoms with van der Waals surface area (Å²) in [5, 5.41) is 3.31. The summed E-state index contributed by atoms with van der Waals surface area (Å²) in [4.78, 5) is 17.3. The molecule has 108 valence electrons. The van der Waals surface area contributed by atoms with Crippen molar-refractivity contribution in [3.05, 3.63) is 35.9 Å². The average molecular weight is 273 g/mol. The van der Waals surface area contributed by atoms with Crippen LogP contribution in [0.4, 0.5) is 0 Å². The minimum Gasteiger partial charge on any atom is -0.338 e. The summed E-state index contributed by atoms with van der Waals surface area (Å²) < 4.78 is 0. The van der Waals surface area contributed by atoms with Crippen LogP contribution in [0.5, 0.6) is 0 Å². The number of likely N-dealkylation sites (tertiary alicyclic amines) is 1. The standard InChI is InChI=1S/C16H23N3O/c20-16(19-12-8-17-9-13-19)15(18-10-4-5-11-18)14-6-2-1-3-7-14/h1-3,6-7,15,17H,4-5,8-13H2. The third kappa shape index (κ3) is 2.86. The van der Waals surface area contributed by atoms with E-state index < -0.39 is 0 Å². The Morgan fingerprint density at radius 2 is 1.65 bits per heavy atom. The van der Waals surface area contributed by atoms with E-state index >= 15 is 0 Å². The highest BCUT2D eigenvalue weighted by molar-refractivity contribution is 5.83. The number of carbonyl (C=O) groups excluding carboxylic acids is 1. The van der Waals surface area contributed by atoms with Crippen molar-refractivity contribution < 1.29 is 4.79 Å². The summed E-state index contributed by atoms with van der Waals surface area (Å²) in [6, 6.07) is 10.2. The minimum absolute atomic E-state index is 0.0863. The van der Waals surface area contributed by atoms with E-state index in [2.05, 4.69) is 22.3 Å². The van der Waals surface area contributed by atoms with Gasteiger partial charge in [-0.15, -0.1) is 0 Å². The molecule has 1 amide bonds. The Morgan fingerprint density at radius 3 is 2.30 bits per heavy atom. The highest BCUT2D eigenvalue weighted by atomic mass is 16.2. The van der Waals surface area contributed by atoms with Gasteiger partial charge in [-0.1, -0.05) is 30.3 Å². The Labute approximate surface area is 120 Å². The van der Waals surface area contributed by atoms with Gasteiger partial charge in [-0.3, -0.25) is 9.69 Å². The second kappa shape index (κ2) is 6.37. The first-order valence-corrected chi connectivity index (χ1v) is 7.65. The second-order valence-electron chi connectivity index (χ2n) is 5.63. The predicted molar refractivity (Wildman–Crippen MR) is 79.4 cm³/mol. The molecule has 2 saturated heterocycles. The number of hydrogen-bond donors (Lipinski definition) is 1. The number of hydrogen-bond acceptors (Lipinski definition) is 3. The molecule has 0 aromatic heterocycles. The molecule has 4 nitrogen and oxygen atoms in total. The molecule has 4 heteroatoms. The van der Waals surface area contributed by atoms with Gasteiger partial charge in [-0.05, 0) is 31.5 Å². The van der Waals surface area contributed by atoms with Gasteiger partial charge >= 0.3 is 0 Å². The number of nitrogens with one attached hydrogen (secondary N) is 1. The first kappa shape index (κ1) is 13.6. The van der Waals surface area contributed by atoms with Crippen molar-refractivity contribution in [3.63, 3.8) is 0 Å². The largest absolute Gasteiger partial charge is 0.338 e. The molecule has 1 aromatic carbocycles. The molecule has 2 aliphatic heterocycles. The Balaban J connectivity index is 1.82. The van der Waals surface area contributed by atoms with E-state index in [9.17, 15) is 4.79 Å². The molecule has 1 N–H and O–H groups in total. The fourth-order valence-corrected chi connectivity index (χ4v) is 3.20. The van der Waals surface area contributed by atoms with Crippen molar-refractivity contribution in [2.75, 3.05) is 39.3 Å². The lowest BCUT2D eigenvalue weighted by molar-refractivity contribution is -0.137. The molecule has 1 atom stereocenters. The van der Waals surface area contributed by atoms with Gasteiger partial charge in [0.25, 0.3) is 0 Å². The van der Waals surface area contributed by atoms with Gasteiger partial charge in [0.15, 0.2) is 0 Å².